The van der Waals surface area contributed by atoms with Gasteiger partial charge in [0.05, 0.1) is 0 Å². The Morgan fingerprint density at radius 2 is 0.904 bits per heavy atom. The Hall–Kier alpha value is -6.44. The number of fused-ring (bicyclic) bond motifs is 9. The molecule has 0 spiro atoms. The third kappa shape index (κ3) is 4.11. The molecule has 0 fully saturated rings. The highest BCUT2D eigenvalue weighted by Crippen LogP contribution is 2.55. The molecule has 1 heteroatoms. The number of hydrogen-bond donors (Lipinski definition) is 0. The van der Waals surface area contributed by atoms with Crippen LogP contribution in [-0.4, -0.2) is 0 Å². The van der Waals surface area contributed by atoms with Gasteiger partial charge in [0, 0.05) is 16.2 Å². The second-order valence-corrected chi connectivity index (χ2v) is 14.8. The maximum atomic E-state index is 6.11. The molecule has 1 nitrogen and oxygen atoms in total. The van der Waals surface area contributed by atoms with E-state index in [0.717, 1.165) is 21.9 Å². The first-order valence-electron chi connectivity index (χ1n) is 18.2. The Labute approximate surface area is 302 Å². The molecule has 1 aliphatic carbocycles. The minimum atomic E-state index is -0.104. The monoisotopic (exact) mass is 662 g/mol. The van der Waals surface area contributed by atoms with Crippen molar-refractivity contribution in [3.8, 4) is 44.5 Å². The van der Waals surface area contributed by atoms with E-state index in [2.05, 4.69) is 172 Å². The molecule has 0 aliphatic heterocycles. The van der Waals surface area contributed by atoms with Crippen molar-refractivity contribution in [2.24, 2.45) is 0 Å². The lowest BCUT2D eigenvalue weighted by molar-refractivity contribution is 0.661. The lowest BCUT2D eigenvalue weighted by Crippen LogP contribution is -2.14. The Morgan fingerprint density at radius 1 is 0.346 bits per heavy atom. The molecule has 1 aromatic heterocycles. The maximum Gasteiger partial charge on any atom is 0.135 e. The van der Waals surface area contributed by atoms with Crippen LogP contribution >= 0.6 is 0 Å². The van der Waals surface area contributed by atoms with Crippen molar-refractivity contribution in [2.75, 3.05) is 0 Å². The maximum absolute atomic E-state index is 6.11. The molecular formula is C51H34O. The third-order valence-corrected chi connectivity index (χ3v) is 11.7. The van der Waals surface area contributed by atoms with Crippen LogP contribution in [0.3, 0.4) is 0 Å². The van der Waals surface area contributed by atoms with E-state index < -0.39 is 0 Å². The molecule has 0 unspecified atom stereocenters. The van der Waals surface area contributed by atoms with Crippen molar-refractivity contribution < 1.29 is 4.42 Å². The van der Waals surface area contributed by atoms with E-state index in [1.807, 2.05) is 12.1 Å². The van der Waals surface area contributed by atoms with E-state index in [1.165, 1.54) is 88.0 Å². The first-order chi connectivity index (χ1) is 25.5. The van der Waals surface area contributed by atoms with E-state index in [4.69, 9.17) is 4.42 Å². The molecule has 0 amide bonds. The SMILES string of the molecule is CC1(C)c2cc3ccccc3cc2-c2c(-c3c4ccccc4c(-c4ccc(-c5ccc6oc7ccccc7c6c5)cc4)c4ccccc34)cccc21. The first-order valence-corrected chi connectivity index (χ1v) is 18.2. The van der Waals surface area contributed by atoms with Crippen LogP contribution in [0, 0.1) is 0 Å². The molecule has 0 radical (unpaired) electrons. The number of benzene rings is 9. The average Bonchev–Trinajstić information content (AvgIpc) is 3.67. The van der Waals surface area contributed by atoms with E-state index in [0.29, 0.717) is 0 Å². The summed E-state index contributed by atoms with van der Waals surface area (Å²) in [5.74, 6) is 0. The van der Waals surface area contributed by atoms with Gasteiger partial charge in [0.15, 0.2) is 0 Å². The van der Waals surface area contributed by atoms with Crippen molar-refractivity contribution in [1.82, 2.24) is 0 Å². The summed E-state index contributed by atoms with van der Waals surface area (Å²) in [5.41, 5.74) is 14.7. The van der Waals surface area contributed by atoms with Crippen molar-refractivity contribution in [3.63, 3.8) is 0 Å². The summed E-state index contributed by atoms with van der Waals surface area (Å²) < 4.78 is 6.11. The highest BCUT2D eigenvalue weighted by Gasteiger charge is 2.37. The molecule has 1 aliphatic rings. The Morgan fingerprint density at radius 3 is 1.62 bits per heavy atom. The van der Waals surface area contributed by atoms with Crippen LogP contribution < -0.4 is 0 Å². The molecule has 11 rings (SSSR count). The highest BCUT2D eigenvalue weighted by atomic mass is 16.3. The molecule has 244 valence electrons. The van der Waals surface area contributed by atoms with Gasteiger partial charge in [-0.05, 0) is 118 Å². The predicted octanol–water partition coefficient (Wildman–Crippen LogP) is 14.4. The normalized spacial score (nSPS) is 13.3. The van der Waals surface area contributed by atoms with E-state index >= 15 is 0 Å². The number of rotatable bonds is 3. The fraction of sp³-hybridized carbons (Fsp3) is 0.0588. The van der Waals surface area contributed by atoms with Gasteiger partial charge in [-0.25, -0.2) is 0 Å². The summed E-state index contributed by atoms with van der Waals surface area (Å²) in [4.78, 5) is 0. The minimum absolute atomic E-state index is 0.104. The van der Waals surface area contributed by atoms with Gasteiger partial charge in [-0.3, -0.25) is 0 Å². The Bertz CT molecular complexity index is 3030. The summed E-state index contributed by atoms with van der Waals surface area (Å²) in [6, 6.07) is 62.5. The Kier molecular flexibility index (Phi) is 6.08. The second kappa shape index (κ2) is 10.8. The van der Waals surface area contributed by atoms with Crippen molar-refractivity contribution in [1.29, 1.82) is 0 Å². The predicted molar refractivity (Wildman–Crippen MR) is 220 cm³/mol. The lowest BCUT2D eigenvalue weighted by Gasteiger charge is -2.23. The van der Waals surface area contributed by atoms with E-state index in [9.17, 15) is 0 Å². The van der Waals surface area contributed by atoms with Gasteiger partial charge >= 0.3 is 0 Å². The zero-order valence-corrected chi connectivity index (χ0v) is 29.1. The molecule has 52 heavy (non-hydrogen) atoms. The number of para-hydroxylation sites is 1. The van der Waals surface area contributed by atoms with E-state index in [1.54, 1.807) is 0 Å². The molecule has 0 saturated heterocycles. The van der Waals surface area contributed by atoms with Crippen LogP contribution in [0.15, 0.2) is 174 Å². The number of furan rings is 1. The molecule has 1 heterocycles. The van der Waals surface area contributed by atoms with Gasteiger partial charge in [0.2, 0.25) is 0 Å². The smallest absolute Gasteiger partial charge is 0.135 e. The van der Waals surface area contributed by atoms with Gasteiger partial charge in [0.25, 0.3) is 0 Å². The van der Waals surface area contributed by atoms with Crippen LogP contribution in [-0.2, 0) is 5.41 Å². The molecule has 0 saturated carbocycles. The fourth-order valence-electron chi connectivity index (χ4n) is 9.15. The molecule has 10 aromatic rings. The fourth-order valence-corrected chi connectivity index (χ4v) is 9.15. The van der Waals surface area contributed by atoms with Crippen LogP contribution in [0.25, 0.3) is 98.8 Å². The molecule has 9 aromatic carbocycles. The van der Waals surface area contributed by atoms with Crippen LogP contribution in [0.5, 0.6) is 0 Å². The quantitative estimate of drug-likeness (QED) is 0.172. The van der Waals surface area contributed by atoms with Gasteiger partial charge in [-0.15, -0.1) is 0 Å². The van der Waals surface area contributed by atoms with Gasteiger partial charge < -0.3 is 4.42 Å². The second-order valence-electron chi connectivity index (χ2n) is 14.8. The standard InChI is InChI=1S/C51H34O/c1-51(2)44-20-11-19-41(50(44)43-29-33-12-3-4-13-34(33)30-45(43)51)49-39-17-7-5-15-37(39)48(38-16-6-8-18-40(38)49)32-24-22-31(23-25-32)35-26-27-47-42(28-35)36-14-9-10-21-46(36)52-47/h3-30H,1-2H3. The van der Waals surface area contributed by atoms with Gasteiger partial charge in [0.1, 0.15) is 11.2 Å². The molecule has 0 atom stereocenters. The minimum Gasteiger partial charge on any atom is -0.456 e. The average molecular weight is 663 g/mol. The van der Waals surface area contributed by atoms with Gasteiger partial charge in [-0.1, -0.05) is 153 Å². The molecule has 0 N–H and O–H groups in total. The van der Waals surface area contributed by atoms with Gasteiger partial charge in [-0.2, -0.15) is 0 Å². The largest absolute Gasteiger partial charge is 0.456 e. The van der Waals surface area contributed by atoms with E-state index in [-0.39, 0.29) is 5.41 Å². The Balaban J connectivity index is 1.12. The zero-order valence-electron chi connectivity index (χ0n) is 29.1. The lowest BCUT2D eigenvalue weighted by atomic mass is 9.80. The third-order valence-electron chi connectivity index (χ3n) is 11.7. The molecule has 0 bridgehead atoms. The highest BCUT2D eigenvalue weighted by molar-refractivity contribution is 6.23. The van der Waals surface area contributed by atoms with Crippen molar-refractivity contribution >= 4 is 54.3 Å². The van der Waals surface area contributed by atoms with Crippen molar-refractivity contribution in [2.45, 2.75) is 19.3 Å². The zero-order chi connectivity index (χ0) is 34.6. The van der Waals surface area contributed by atoms with Crippen LogP contribution in [0.1, 0.15) is 25.0 Å². The van der Waals surface area contributed by atoms with Crippen LogP contribution in [0.4, 0.5) is 0 Å². The summed E-state index contributed by atoms with van der Waals surface area (Å²) in [5, 5.41) is 9.97. The summed E-state index contributed by atoms with van der Waals surface area (Å²) in [7, 11) is 0. The van der Waals surface area contributed by atoms with Crippen molar-refractivity contribution in [3.05, 3.63) is 181 Å². The topological polar surface area (TPSA) is 13.1 Å². The number of hydrogen-bond acceptors (Lipinski definition) is 1. The first kappa shape index (κ1) is 29.3. The summed E-state index contributed by atoms with van der Waals surface area (Å²) >= 11 is 0. The van der Waals surface area contributed by atoms with Crippen LogP contribution in [0.2, 0.25) is 0 Å². The molecular weight excluding hydrogens is 629 g/mol. The summed E-state index contributed by atoms with van der Waals surface area (Å²) in [6.07, 6.45) is 0. The summed E-state index contributed by atoms with van der Waals surface area (Å²) in [6.45, 7) is 4.77.